The van der Waals surface area contributed by atoms with Gasteiger partial charge in [0.15, 0.2) is 5.96 Å². The average molecular weight is 243 g/mol. The summed E-state index contributed by atoms with van der Waals surface area (Å²) >= 11 is 0. The lowest BCUT2D eigenvalue weighted by atomic mass is 10.1. The zero-order valence-corrected chi connectivity index (χ0v) is 9.97. The summed E-state index contributed by atoms with van der Waals surface area (Å²) in [5.74, 6) is -0.251. The van der Waals surface area contributed by atoms with Crippen LogP contribution in [0.15, 0.2) is 23.2 Å². The van der Waals surface area contributed by atoms with E-state index in [9.17, 15) is 4.79 Å². The quantitative estimate of drug-likeness (QED) is 0.515. The van der Waals surface area contributed by atoms with E-state index in [0.717, 1.165) is 16.8 Å². The fourth-order valence-electron chi connectivity index (χ4n) is 1.26. The summed E-state index contributed by atoms with van der Waals surface area (Å²) in [4.78, 5) is 14.6. The molecule has 0 aliphatic heterocycles. The smallest absolute Gasteiger partial charge is 0.348 e. The van der Waals surface area contributed by atoms with Crippen LogP contribution in [0.25, 0.3) is 0 Å². The predicted molar refractivity (Wildman–Crippen MR) is 68.0 cm³/mol. The second-order valence-electron chi connectivity index (χ2n) is 3.23. The molecular formula is C10H15ClN4O. The maximum absolute atomic E-state index is 11.3. The standard InChI is InChI=1S/C10H14N4O.ClH/c1-6-4-3-5-7(2)8(6)13-10(15)14-9(11)12;/h3-5H,1-2H3,(H5,11,12,13,14,15);1H. The highest BCUT2D eigenvalue weighted by molar-refractivity contribution is 5.98. The van der Waals surface area contributed by atoms with Crippen LogP contribution >= 0.6 is 12.4 Å². The highest BCUT2D eigenvalue weighted by atomic mass is 35.5. The van der Waals surface area contributed by atoms with Gasteiger partial charge < -0.3 is 16.8 Å². The molecule has 5 N–H and O–H groups in total. The first-order valence-corrected chi connectivity index (χ1v) is 4.47. The monoisotopic (exact) mass is 242 g/mol. The number of carbonyl (C=O) groups is 1. The summed E-state index contributed by atoms with van der Waals surface area (Å²) in [6.07, 6.45) is 0. The number of urea groups is 1. The van der Waals surface area contributed by atoms with Crippen molar-refractivity contribution in [3.05, 3.63) is 29.3 Å². The Bertz CT molecular complexity index is 393. The highest BCUT2D eigenvalue weighted by Gasteiger charge is 2.05. The van der Waals surface area contributed by atoms with Crippen molar-refractivity contribution in [3.8, 4) is 0 Å². The van der Waals surface area contributed by atoms with Crippen LogP contribution in [0.5, 0.6) is 0 Å². The molecule has 0 saturated carbocycles. The van der Waals surface area contributed by atoms with Crippen molar-refractivity contribution < 1.29 is 4.79 Å². The van der Waals surface area contributed by atoms with Crippen LogP contribution in [-0.2, 0) is 0 Å². The Morgan fingerprint density at radius 3 is 2.19 bits per heavy atom. The number of nitrogens with two attached hydrogens (primary N) is 2. The summed E-state index contributed by atoms with van der Waals surface area (Å²) in [5.41, 5.74) is 12.9. The lowest BCUT2D eigenvalue weighted by Crippen LogP contribution is -2.25. The van der Waals surface area contributed by atoms with Gasteiger partial charge in [-0.15, -0.1) is 12.4 Å². The number of halogens is 1. The number of guanidine groups is 1. The van der Waals surface area contributed by atoms with Crippen molar-refractivity contribution in [2.75, 3.05) is 5.32 Å². The molecule has 0 aromatic heterocycles. The first kappa shape index (κ1) is 14.2. The maximum Gasteiger partial charge on any atom is 0.348 e. The summed E-state index contributed by atoms with van der Waals surface area (Å²) < 4.78 is 0. The Labute approximate surface area is 100 Å². The topological polar surface area (TPSA) is 93.5 Å². The molecule has 2 amide bonds. The van der Waals surface area contributed by atoms with Crippen LogP contribution in [0.4, 0.5) is 10.5 Å². The molecule has 1 aromatic carbocycles. The fourth-order valence-corrected chi connectivity index (χ4v) is 1.26. The zero-order valence-electron chi connectivity index (χ0n) is 9.15. The van der Waals surface area contributed by atoms with Crippen LogP contribution in [-0.4, -0.2) is 12.0 Å². The fraction of sp³-hybridized carbons (Fsp3) is 0.200. The number of aryl methyl sites for hydroxylation is 2. The summed E-state index contributed by atoms with van der Waals surface area (Å²) in [6, 6.07) is 5.16. The molecule has 0 aliphatic carbocycles. The maximum atomic E-state index is 11.3. The lowest BCUT2D eigenvalue weighted by molar-refractivity contribution is 0.259. The SMILES string of the molecule is Cc1cccc(C)c1NC(=O)N=C(N)N.Cl. The van der Waals surface area contributed by atoms with Crippen LogP contribution < -0.4 is 16.8 Å². The molecule has 1 aromatic rings. The molecule has 0 saturated heterocycles. The summed E-state index contributed by atoms with van der Waals surface area (Å²) in [7, 11) is 0. The number of amides is 2. The molecule has 0 atom stereocenters. The van der Waals surface area contributed by atoms with Crippen LogP contribution in [0.3, 0.4) is 0 Å². The van der Waals surface area contributed by atoms with E-state index in [1.807, 2.05) is 32.0 Å². The third kappa shape index (κ3) is 3.78. The number of aliphatic imine (C=N–C) groups is 1. The van der Waals surface area contributed by atoms with E-state index < -0.39 is 6.03 Å². The minimum Gasteiger partial charge on any atom is -0.370 e. The van der Waals surface area contributed by atoms with Crippen molar-refractivity contribution in [2.45, 2.75) is 13.8 Å². The van der Waals surface area contributed by atoms with Gasteiger partial charge in [0, 0.05) is 5.69 Å². The van der Waals surface area contributed by atoms with Gasteiger partial charge in [-0.3, -0.25) is 0 Å². The van der Waals surface area contributed by atoms with Gasteiger partial charge in [-0.1, -0.05) is 18.2 Å². The Morgan fingerprint density at radius 2 is 1.75 bits per heavy atom. The van der Waals surface area contributed by atoms with Crippen molar-refractivity contribution in [1.82, 2.24) is 0 Å². The van der Waals surface area contributed by atoms with Gasteiger partial charge in [-0.05, 0) is 25.0 Å². The molecule has 88 valence electrons. The van der Waals surface area contributed by atoms with Gasteiger partial charge in [-0.25, -0.2) is 4.79 Å². The van der Waals surface area contributed by atoms with Crippen molar-refractivity contribution in [3.63, 3.8) is 0 Å². The molecule has 0 fully saturated rings. The number of nitrogens with zero attached hydrogens (tertiary/aromatic N) is 1. The highest BCUT2D eigenvalue weighted by Crippen LogP contribution is 2.19. The van der Waals surface area contributed by atoms with Gasteiger partial charge in [-0.2, -0.15) is 4.99 Å². The molecule has 5 nitrogen and oxygen atoms in total. The molecular weight excluding hydrogens is 228 g/mol. The number of hydrogen-bond donors (Lipinski definition) is 3. The number of carbonyl (C=O) groups excluding carboxylic acids is 1. The van der Waals surface area contributed by atoms with E-state index >= 15 is 0 Å². The molecule has 0 aliphatic rings. The first-order chi connectivity index (χ1) is 7.00. The van der Waals surface area contributed by atoms with E-state index in [1.54, 1.807) is 0 Å². The van der Waals surface area contributed by atoms with Gasteiger partial charge >= 0.3 is 6.03 Å². The predicted octanol–water partition coefficient (Wildman–Crippen LogP) is 1.53. The Morgan fingerprint density at radius 1 is 1.25 bits per heavy atom. The van der Waals surface area contributed by atoms with Gasteiger partial charge in [0.25, 0.3) is 0 Å². The molecule has 0 spiro atoms. The molecule has 0 unspecified atom stereocenters. The van der Waals surface area contributed by atoms with Gasteiger partial charge in [0.05, 0.1) is 0 Å². The first-order valence-electron chi connectivity index (χ1n) is 4.47. The number of hydrogen-bond acceptors (Lipinski definition) is 1. The van der Waals surface area contributed by atoms with E-state index in [0.29, 0.717) is 0 Å². The third-order valence-electron chi connectivity index (χ3n) is 1.94. The number of nitrogens with one attached hydrogen (secondary N) is 1. The Balaban J connectivity index is 0.00000225. The molecule has 16 heavy (non-hydrogen) atoms. The van der Waals surface area contributed by atoms with E-state index in [2.05, 4.69) is 10.3 Å². The average Bonchev–Trinajstić information content (AvgIpc) is 2.10. The van der Waals surface area contributed by atoms with E-state index in [-0.39, 0.29) is 18.4 Å². The second kappa shape index (κ2) is 5.97. The molecule has 1 rings (SSSR count). The number of para-hydroxylation sites is 1. The zero-order chi connectivity index (χ0) is 11.4. The second-order valence-corrected chi connectivity index (χ2v) is 3.23. The van der Waals surface area contributed by atoms with Crippen LogP contribution in [0, 0.1) is 13.8 Å². The van der Waals surface area contributed by atoms with Crippen molar-refractivity contribution >= 4 is 30.1 Å². The van der Waals surface area contributed by atoms with Crippen LogP contribution in [0.2, 0.25) is 0 Å². The number of benzene rings is 1. The van der Waals surface area contributed by atoms with Gasteiger partial charge in [0.2, 0.25) is 0 Å². The molecule has 6 heteroatoms. The summed E-state index contributed by atoms with van der Waals surface area (Å²) in [5, 5.41) is 2.62. The molecule has 0 heterocycles. The van der Waals surface area contributed by atoms with E-state index in [1.165, 1.54) is 0 Å². The van der Waals surface area contributed by atoms with Crippen LogP contribution in [0.1, 0.15) is 11.1 Å². The Hall–Kier alpha value is -1.75. The van der Waals surface area contributed by atoms with Gasteiger partial charge in [0.1, 0.15) is 0 Å². The molecule has 0 radical (unpaired) electrons. The normalized spacial score (nSPS) is 8.88. The molecule has 0 bridgehead atoms. The number of rotatable bonds is 1. The number of anilines is 1. The Kier molecular flexibility index (Phi) is 5.32. The third-order valence-corrected chi connectivity index (χ3v) is 1.94. The van der Waals surface area contributed by atoms with E-state index in [4.69, 9.17) is 11.5 Å². The summed E-state index contributed by atoms with van der Waals surface area (Å²) in [6.45, 7) is 3.80. The minimum atomic E-state index is -0.563. The minimum absolute atomic E-state index is 0. The van der Waals surface area contributed by atoms with Crippen molar-refractivity contribution in [1.29, 1.82) is 0 Å². The van der Waals surface area contributed by atoms with Crippen molar-refractivity contribution in [2.24, 2.45) is 16.5 Å². The lowest BCUT2D eigenvalue weighted by Gasteiger charge is -2.08. The largest absolute Gasteiger partial charge is 0.370 e.